The predicted molar refractivity (Wildman–Crippen MR) is 142 cm³/mol. The van der Waals surface area contributed by atoms with E-state index in [1.807, 2.05) is 6.08 Å². The van der Waals surface area contributed by atoms with E-state index >= 15 is 0 Å². The Morgan fingerprint density at radius 2 is 1.68 bits per heavy atom. The van der Waals surface area contributed by atoms with Crippen molar-refractivity contribution in [3.63, 3.8) is 0 Å². The summed E-state index contributed by atoms with van der Waals surface area (Å²) in [5, 5.41) is 0. The molecular weight excluding hydrogens is 440 g/mol. The Morgan fingerprint density at radius 1 is 0.971 bits per heavy atom. The van der Waals surface area contributed by atoms with Gasteiger partial charge >= 0.3 is 0 Å². The van der Waals surface area contributed by atoms with Crippen LogP contribution in [0.15, 0.2) is 71.7 Å². The minimum atomic E-state index is -3.43. The van der Waals surface area contributed by atoms with Crippen LogP contribution in [0.2, 0.25) is 0 Å². The highest BCUT2D eigenvalue weighted by Crippen LogP contribution is 2.34. The van der Waals surface area contributed by atoms with Crippen LogP contribution in [0, 0.1) is 18.8 Å². The van der Waals surface area contributed by atoms with Crippen molar-refractivity contribution in [2.24, 2.45) is 11.8 Å². The van der Waals surface area contributed by atoms with Crippen LogP contribution >= 0.6 is 0 Å². The number of nitrogens with zero attached hydrogens (tertiary/aromatic N) is 1. The SMILES string of the molecule is Cc1ccc(C2=CC=C(S(=O)(=O)NCCCN3CCC(Cc4ccccc4)CC3)CC2C)cc1. The lowest BCUT2D eigenvalue weighted by molar-refractivity contribution is 0.183. The standard InChI is InChI=1S/C29H38N2O2S/c1-23-9-11-27(12-10-23)29-14-13-28(21-24(29)2)34(32,33)30-17-6-18-31-19-15-26(16-20-31)22-25-7-4-3-5-8-25/h3-5,7-14,24,26,30H,6,15-22H2,1-2H3. The number of allylic oxidation sites excluding steroid dienone is 4. The molecule has 1 heterocycles. The molecule has 2 aromatic carbocycles. The lowest BCUT2D eigenvalue weighted by atomic mass is 9.88. The van der Waals surface area contributed by atoms with E-state index in [0.717, 1.165) is 32.0 Å². The van der Waals surface area contributed by atoms with Crippen molar-refractivity contribution in [1.29, 1.82) is 0 Å². The second-order valence-corrected chi connectivity index (χ2v) is 11.8. The molecule has 1 saturated heterocycles. The topological polar surface area (TPSA) is 49.4 Å². The molecule has 4 rings (SSSR count). The van der Waals surface area contributed by atoms with Crippen LogP contribution in [-0.4, -0.2) is 39.5 Å². The van der Waals surface area contributed by atoms with Crippen LogP contribution in [-0.2, 0) is 16.4 Å². The minimum absolute atomic E-state index is 0.177. The van der Waals surface area contributed by atoms with E-state index in [1.54, 1.807) is 6.08 Å². The predicted octanol–water partition coefficient (Wildman–Crippen LogP) is 5.57. The van der Waals surface area contributed by atoms with Gasteiger partial charge in [0.1, 0.15) is 0 Å². The highest BCUT2D eigenvalue weighted by molar-refractivity contribution is 7.93. The van der Waals surface area contributed by atoms with Crippen molar-refractivity contribution in [3.8, 4) is 0 Å². The van der Waals surface area contributed by atoms with Crippen LogP contribution in [0.3, 0.4) is 0 Å². The molecule has 1 unspecified atom stereocenters. The summed E-state index contributed by atoms with van der Waals surface area (Å²) >= 11 is 0. The number of sulfonamides is 1. The van der Waals surface area contributed by atoms with Crippen LogP contribution in [0.25, 0.3) is 5.57 Å². The molecule has 1 atom stereocenters. The maximum atomic E-state index is 12.9. The maximum absolute atomic E-state index is 12.9. The van der Waals surface area contributed by atoms with Crippen molar-refractivity contribution in [1.82, 2.24) is 9.62 Å². The van der Waals surface area contributed by atoms with E-state index < -0.39 is 10.0 Å². The Balaban J connectivity index is 1.21. The molecule has 182 valence electrons. The van der Waals surface area contributed by atoms with Crippen molar-refractivity contribution in [2.45, 2.75) is 46.0 Å². The molecule has 4 nitrogen and oxygen atoms in total. The summed E-state index contributed by atoms with van der Waals surface area (Å²) < 4.78 is 28.6. The molecule has 34 heavy (non-hydrogen) atoms. The first kappa shape index (κ1) is 24.9. The van der Waals surface area contributed by atoms with Gasteiger partial charge in [0.25, 0.3) is 0 Å². The van der Waals surface area contributed by atoms with Crippen LogP contribution in [0.5, 0.6) is 0 Å². The summed E-state index contributed by atoms with van der Waals surface area (Å²) in [5.74, 6) is 0.937. The van der Waals surface area contributed by atoms with Crippen LogP contribution in [0.1, 0.15) is 49.3 Å². The Bertz CT molecular complexity index is 1100. The minimum Gasteiger partial charge on any atom is -0.303 e. The van der Waals surface area contributed by atoms with E-state index in [1.165, 1.54) is 41.5 Å². The summed E-state index contributed by atoms with van der Waals surface area (Å²) in [5.41, 5.74) is 5.04. The molecular formula is C29H38N2O2S. The van der Waals surface area contributed by atoms with Crippen molar-refractivity contribution < 1.29 is 8.42 Å². The third-order valence-corrected chi connectivity index (χ3v) is 8.81. The Labute approximate surface area is 205 Å². The van der Waals surface area contributed by atoms with Gasteiger partial charge < -0.3 is 4.90 Å². The molecule has 1 aliphatic carbocycles. The third kappa shape index (κ3) is 6.68. The summed E-state index contributed by atoms with van der Waals surface area (Å²) in [4.78, 5) is 2.98. The Kier molecular flexibility index (Phi) is 8.41. The van der Waals surface area contributed by atoms with E-state index in [0.29, 0.717) is 17.9 Å². The number of nitrogens with one attached hydrogen (secondary N) is 1. The summed E-state index contributed by atoms with van der Waals surface area (Å²) in [6.07, 6.45) is 8.77. The van der Waals surface area contributed by atoms with Gasteiger partial charge in [-0.15, -0.1) is 0 Å². The highest BCUT2D eigenvalue weighted by Gasteiger charge is 2.25. The second-order valence-electron chi connectivity index (χ2n) is 9.95. The molecule has 1 N–H and O–H groups in total. The fourth-order valence-corrected chi connectivity index (χ4v) is 6.43. The van der Waals surface area contributed by atoms with Crippen molar-refractivity contribution >= 4 is 15.6 Å². The van der Waals surface area contributed by atoms with Crippen LogP contribution < -0.4 is 4.72 Å². The zero-order valence-electron chi connectivity index (χ0n) is 20.5. The smallest absolute Gasteiger partial charge is 0.236 e. The fourth-order valence-electron chi connectivity index (χ4n) is 5.12. The Hall–Kier alpha value is -2.21. The lowest BCUT2D eigenvalue weighted by Crippen LogP contribution is -2.36. The van der Waals surface area contributed by atoms with Gasteiger partial charge in [-0.05, 0) is 93.3 Å². The molecule has 0 spiro atoms. The molecule has 2 aromatic rings. The maximum Gasteiger partial charge on any atom is 0.236 e. The molecule has 0 bridgehead atoms. The van der Waals surface area contributed by atoms with Gasteiger partial charge in [0, 0.05) is 6.54 Å². The van der Waals surface area contributed by atoms with Gasteiger partial charge in [0.15, 0.2) is 0 Å². The summed E-state index contributed by atoms with van der Waals surface area (Å²) in [6, 6.07) is 19.2. The molecule has 0 amide bonds. The number of hydrogen-bond acceptors (Lipinski definition) is 3. The third-order valence-electron chi connectivity index (χ3n) is 7.23. The zero-order valence-corrected chi connectivity index (χ0v) is 21.4. The average Bonchev–Trinajstić information content (AvgIpc) is 2.84. The monoisotopic (exact) mass is 478 g/mol. The van der Waals surface area contributed by atoms with E-state index in [4.69, 9.17) is 0 Å². The lowest BCUT2D eigenvalue weighted by Gasteiger charge is -2.32. The summed E-state index contributed by atoms with van der Waals surface area (Å²) in [7, 11) is -3.43. The average molecular weight is 479 g/mol. The number of rotatable bonds is 9. The number of piperidine rings is 1. The molecule has 1 fully saturated rings. The second kappa shape index (κ2) is 11.5. The van der Waals surface area contributed by atoms with Gasteiger partial charge in [-0.25, -0.2) is 13.1 Å². The normalized spacial score (nSPS) is 20.1. The summed E-state index contributed by atoms with van der Waals surface area (Å²) in [6.45, 7) is 7.85. The van der Waals surface area contributed by atoms with E-state index in [2.05, 4.69) is 78.1 Å². The van der Waals surface area contributed by atoms with Gasteiger partial charge in [-0.1, -0.05) is 73.2 Å². The number of aryl methyl sites for hydroxylation is 1. The molecule has 0 radical (unpaired) electrons. The highest BCUT2D eigenvalue weighted by atomic mass is 32.2. The van der Waals surface area contributed by atoms with Gasteiger partial charge in [0.2, 0.25) is 10.0 Å². The van der Waals surface area contributed by atoms with Crippen LogP contribution in [0.4, 0.5) is 0 Å². The van der Waals surface area contributed by atoms with E-state index in [-0.39, 0.29) is 5.92 Å². The van der Waals surface area contributed by atoms with Crippen molar-refractivity contribution in [3.05, 3.63) is 88.3 Å². The molecule has 5 heteroatoms. The van der Waals surface area contributed by atoms with Gasteiger partial charge in [-0.2, -0.15) is 0 Å². The molecule has 0 saturated carbocycles. The number of benzene rings is 2. The zero-order chi connectivity index (χ0) is 24.0. The first-order valence-electron chi connectivity index (χ1n) is 12.6. The number of likely N-dealkylation sites (tertiary alicyclic amines) is 1. The first-order valence-corrected chi connectivity index (χ1v) is 14.1. The van der Waals surface area contributed by atoms with Gasteiger partial charge in [0.05, 0.1) is 4.91 Å². The molecule has 1 aliphatic heterocycles. The largest absolute Gasteiger partial charge is 0.303 e. The fraction of sp³-hybridized carbons (Fsp3) is 0.448. The first-order chi connectivity index (χ1) is 16.4. The van der Waals surface area contributed by atoms with Crippen molar-refractivity contribution in [2.75, 3.05) is 26.2 Å². The Morgan fingerprint density at radius 3 is 2.35 bits per heavy atom. The number of hydrogen-bond donors (Lipinski definition) is 1. The quantitative estimate of drug-likeness (QED) is 0.480. The molecule has 0 aromatic heterocycles. The molecule has 2 aliphatic rings. The van der Waals surface area contributed by atoms with Gasteiger partial charge in [-0.3, -0.25) is 0 Å². The van der Waals surface area contributed by atoms with E-state index in [9.17, 15) is 8.42 Å².